The van der Waals surface area contributed by atoms with Crippen molar-refractivity contribution < 1.29 is 23.5 Å². The van der Waals surface area contributed by atoms with Crippen molar-refractivity contribution in [1.82, 2.24) is 10.9 Å². The Morgan fingerprint density at radius 3 is 2.30 bits per heavy atom. The number of carbonyl (C=O) groups excluding carboxylic acids is 2. The quantitative estimate of drug-likeness (QED) is 0.574. The van der Waals surface area contributed by atoms with Crippen molar-refractivity contribution in [3.8, 4) is 11.5 Å². The lowest BCUT2D eigenvalue weighted by atomic mass is 10.2. The molecule has 0 saturated carbocycles. The van der Waals surface area contributed by atoms with Gasteiger partial charge in [0.15, 0.2) is 11.5 Å². The normalized spacial score (nSPS) is 10.4. The number of benzene rings is 2. The van der Waals surface area contributed by atoms with Gasteiger partial charge < -0.3 is 13.9 Å². The lowest BCUT2D eigenvalue weighted by Crippen LogP contribution is -2.41. The van der Waals surface area contributed by atoms with Crippen molar-refractivity contribution in [1.29, 1.82) is 0 Å². The van der Waals surface area contributed by atoms with Gasteiger partial charge in [0.2, 0.25) is 0 Å². The summed E-state index contributed by atoms with van der Waals surface area (Å²) >= 11 is 5.88. The number of furan rings is 1. The second-order valence-corrected chi connectivity index (χ2v) is 6.95. The monoisotopic (exact) mass is 428 g/mol. The molecule has 0 unspecified atom stereocenters. The summed E-state index contributed by atoms with van der Waals surface area (Å²) < 4.78 is 16.4. The molecule has 7 nitrogen and oxygen atoms in total. The number of methoxy groups -OCH3 is 1. The molecule has 0 saturated heterocycles. The molecule has 0 atom stereocenters. The van der Waals surface area contributed by atoms with Crippen LogP contribution in [-0.4, -0.2) is 18.9 Å². The Morgan fingerprint density at radius 2 is 1.67 bits per heavy atom. The number of nitrogens with one attached hydrogen (secondary N) is 2. The van der Waals surface area contributed by atoms with Crippen LogP contribution in [0.1, 0.15) is 37.8 Å². The van der Waals surface area contributed by atoms with Crippen LogP contribution in [0.5, 0.6) is 11.5 Å². The molecule has 3 aromatic rings. The third-order valence-electron chi connectivity index (χ3n) is 4.31. The fourth-order valence-corrected chi connectivity index (χ4v) is 2.91. The molecule has 0 aliphatic heterocycles. The Hall–Kier alpha value is -3.45. The van der Waals surface area contributed by atoms with Gasteiger partial charge in [-0.2, -0.15) is 0 Å². The van der Waals surface area contributed by atoms with Crippen LogP contribution in [0.25, 0.3) is 0 Å². The molecule has 156 valence electrons. The molecule has 0 aliphatic carbocycles. The molecule has 8 heteroatoms. The number of ether oxygens (including phenoxy) is 2. The summed E-state index contributed by atoms with van der Waals surface area (Å²) in [6.07, 6.45) is 0. The minimum Gasteiger partial charge on any atom is -0.493 e. The second-order valence-electron chi connectivity index (χ2n) is 6.52. The summed E-state index contributed by atoms with van der Waals surface area (Å²) in [5, 5.41) is 0.650. The number of rotatable bonds is 6. The first-order valence-electron chi connectivity index (χ1n) is 9.10. The number of aryl methyl sites for hydroxylation is 2. The highest BCUT2D eigenvalue weighted by Gasteiger charge is 2.16. The molecule has 0 bridgehead atoms. The van der Waals surface area contributed by atoms with E-state index < -0.39 is 11.8 Å². The smallest absolute Gasteiger partial charge is 0.273 e. The molecular formula is C22H21ClN2O5. The Morgan fingerprint density at radius 1 is 0.967 bits per heavy atom. The topological polar surface area (TPSA) is 89.8 Å². The molecule has 2 N–H and O–H groups in total. The fraction of sp³-hybridized carbons (Fsp3) is 0.182. The molecular weight excluding hydrogens is 408 g/mol. The average Bonchev–Trinajstić information content (AvgIpc) is 3.09. The van der Waals surface area contributed by atoms with Crippen molar-refractivity contribution in [2.45, 2.75) is 20.5 Å². The maximum atomic E-state index is 12.4. The van der Waals surface area contributed by atoms with Gasteiger partial charge in [-0.05, 0) is 55.8 Å². The molecule has 2 aromatic carbocycles. The lowest BCUT2D eigenvalue weighted by Gasteiger charge is -2.13. The van der Waals surface area contributed by atoms with E-state index in [-0.39, 0.29) is 0 Å². The van der Waals surface area contributed by atoms with Crippen LogP contribution in [0.3, 0.4) is 0 Å². The Labute approximate surface area is 178 Å². The number of hydrogen-bond donors (Lipinski definition) is 2. The van der Waals surface area contributed by atoms with E-state index in [0.717, 1.165) is 5.56 Å². The summed E-state index contributed by atoms with van der Waals surface area (Å²) in [7, 11) is 1.48. The van der Waals surface area contributed by atoms with Crippen molar-refractivity contribution in [2.24, 2.45) is 0 Å². The van der Waals surface area contributed by atoms with Crippen molar-refractivity contribution in [2.75, 3.05) is 7.11 Å². The molecule has 30 heavy (non-hydrogen) atoms. The lowest BCUT2D eigenvalue weighted by molar-refractivity contribution is 0.0845. The molecule has 1 heterocycles. The van der Waals surface area contributed by atoms with Gasteiger partial charge in [-0.25, -0.2) is 0 Å². The highest BCUT2D eigenvalue weighted by Crippen LogP contribution is 2.29. The first-order valence-corrected chi connectivity index (χ1v) is 9.48. The van der Waals surface area contributed by atoms with Crippen molar-refractivity contribution in [3.05, 3.63) is 81.8 Å². The van der Waals surface area contributed by atoms with Gasteiger partial charge >= 0.3 is 0 Å². The first-order chi connectivity index (χ1) is 14.4. The third kappa shape index (κ3) is 5.12. The number of halogens is 1. The molecule has 0 aliphatic rings. The van der Waals surface area contributed by atoms with Gasteiger partial charge in [0.1, 0.15) is 18.1 Å². The Bertz CT molecular complexity index is 1060. The molecule has 0 fully saturated rings. The van der Waals surface area contributed by atoms with Crippen molar-refractivity contribution >= 4 is 23.4 Å². The van der Waals surface area contributed by atoms with Gasteiger partial charge in [-0.1, -0.05) is 23.7 Å². The van der Waals surface area contributed by atoms with Gasteiger partial charge in [0.05, 0.1) is 12.7 Å². The fourth-order valence-electron chi connectivity index (χ4n) is 2.78. The molecule has 0 radical (unpaired) electrons. The summed E-state index contributed by atoms with van der Waals surface area (Å²) in [4.78, 5) is 24.6. The van der Waals surface area contributed by atoms with E-state index in [1.165, 1.54) is 13.2 Å². The van der Waals surface area contributed by atoms with Crippen LogP contribution in [-0.2, 0) is 6.61 Å². The van der Waals surface area contributed by atoms with Gasteiger partial charge in [0, 0.05) is 10.6 Å². The predicted octanol–water partition coefficient (Wildman–Crippen LogP) is 4.21. The van der Waals surface area contributed by atoms with Gasteiger partial charge in [0.25, 0.3) is 11.8 Å². The summed E-state index contributed by atoms with van der Waals surface area (Å²) in [5.41, 5.74) is 6.35. The van der Waals surface area contributed by atoms with E-state index in [1.807, 2.05) is 12.1 Å². The van der Waals surface area contributed by atoms with E-state index in [9.17, 15) is 9.59 Å². The van der Waals surface area contributed by atoms with E-state index in [4.69, 9.17) is 25.5 Å². The second kappa shape index (κ2) is 9.37. The standard InChI is InChI=1S/C22H21ClN2O5/c1-13-10-18(14(2)30-13)22(27)25-24-21(26)16-6-9-19(20(11-16)28-3)29-12-15-4-7-17(23)8-5-15/h4-11H,12H2,1-3H3,(H,24,26)(H,25,27). The summed E-state index contributed by atoms with van der Waals surface area (Å²) in [5.74, 6) is 1.00. The SMILES string of the molecule is COc1cc(C(=O)NNC(=O)c2cc(C)oc2C)ccc1OCc1ccc(Cl)cc1. The molecule has 3 rings (SSSR count). The van der Waals surface area contributed by atoms with Crippen LogP contribution >= 0.6 is 11.6 Å². The van der Waals surface area contributed by atoms with Crippen LogP contribution in [0, 0.1) is 13.8 Å². The Kier molecular flexibility index (Phi) is 6.64. The number of hydrogen-bond acceptors (Lipinski definition) is 5. The summed E-state index contributed by atoms with van der Waals surface area (Å²) in [6, 6.07) is 13.6. The predicted molar refractivity (Wildman–Crippen MR) is 112 cm³/mol. The zero-order valence-electron chi connectivity index (χ0n) is 16.7. The van der Waals surface area contributed by atoms with E-state index in [0.29, 0.717) is 45.8 Å². The maximum absolute atomic E-state index is 12.4. The van der Waals surface area contributed by atoms with E-state index >= 15 is 0 Å². The van der Waals surface area contributed by atoms with Crippen LogP contribution in [0.15, 0.2) is 52.9 Å². The highest BCUT2D eigenvalue weighted by molar-refractivity contribution is 6.30. The average molecular weight is 429 g/mol. The molecule has 1 aromatic heterocycles. The van der Waals surface area contributed by atoms with Gasteiger partial charge in [-0.15, -0.1) is 0 Å². The molecule has 0 spiro atoms. The van der Waals surface area contributed by atoms with E-state index in [2.05, 4.69) is 10.9 Å². The van der Waals surface area contributed by atoms with Gasteiger partial charge in [-0.3, -0.25) is 20.4 Å². The summed E-state index contributed by atoms with van der Waals surface area (Å²) in [6.45, 7) is 3.74. The van der Waals surface area contributed by atoms with Crippen molar-refractivity contribution in [3.63, 3.8) is 0 Å². The van der Waals surface area contributed by atoms with Crippen LogP contribution in [0.4, 0.5) is 0 Å². The Balaban J connectivity index is 1.63. The zero-order chi connectivity index (χ0) is 21.7. The number of amides is 2. The third-order valence-corrected chi connectivity index (χ3v) is 4.56. The largest absolute Gasteiger partial charge is 0.493 e. The zero-order valence-corrected chi connectivity index (χ0v) is 17.5. The number of carbonyl (C=O) groups is 2. The first kappa shape index (κ1) is 21.3. The van der Waals surface area contributed by atoms with E-state index in [1.54, 1.807) is 44.2 Å². The maximum Gasteiger partial charge on any atom is 0.273 e. The highest BCUT2D eigenvalue weighted by atomic mass is 35.5. The van der Waals surface area contributed by atoms with Crippen LogP contribution in [0.2, 0.25) is 5.02 Å². The molecule has 2 amide bonds. The minimum atomic E-state index is -0.497. The number of hydrazine groups is 1. The minimum absolute atomic E-state index is 0.297. The van der Waals surface area contributed by atoms with Crippen LogP contribution < -0.4 is 20.3 Å².